The van der Waals surface area contributed by atoms with E-state index in [-0.39, 0.29) is 5.92 Å². The van der Waals surface area contributed by atoms with E-state index in [1.165, 1.54) is 6.92 Å². The Labute approximate surface area is 148 Å². The van der Waals surface area contributed by atoms with E-state index in [1.54, 1.807) is 0 Å². The Bertz CT molecular complexity index is 379. The van der Waals surface area contributed by atoms with Gasteiger partial charge >= 0.3 is 17.9 Å². The third-order valence-electron chi connectivity index (χ3n) is 3.22. The van der Waals surface area contributed by atoms with Crippen LogP contribution in [0.5, 0.6) is 0 Å². The van der Waals surface area contributed by atoms with Crippen LogP contribution < -0.4 is 22.9 Å². The SMILES string of the molecule is CC(N)C(=O)O.CCC(C)C(N)C(=O)O.NCCCCC(N)C(=O)O. The summed E-state index contributed by atoms with van der Waals surface area (Å²) < 4.78 is 0. The van der Waals surface area contributed by atoms with Crippen LogP contribution in [0.3, 0.4) is 0 Å². The van der Waals surface area contributed by atoms with Crippen molar-refractivity contribution in [1.29, 1.82) is 0 Å². The molecule has 0 rings (SSSR count). The molecule has 0 aliphatic heterocycles. The van der Waals surface area contributed by atoms with Crippen molar-refractivity contribution in [2.24, 2.45) is 28.9 Å². The smallest absolute Gasteiger partial charge is 0.320 e. The number of hydrogen-bond donors (Lipinski definition) is 7. The first kappa shape index (κ1) is 28.1. The molecule has 0 fully saturated rings. The number of carbonyl (C=O) groups is 3. The van der Waals surface area contributed by atoms with Crippen molar-refractivity contribution in [2.75, 3.05) is 6.54 Å². The van der Waals surface area contributed by atoms with Gasteiger partial charge in [-0.1, -0.05) is 26.7 Å². The molecule has 0 amide bonds. The molecule has 10 nitrogen and oxygen atoms in total. The monoisotopic (exact) mass is 366 g/mol. The maximum Gasteiger partial charge on any atom is 0.320 e. The molecular weight excluding hydrogens is 332 g/mol. The van der Waals surface area contributed by atoms with E-state index in [0.29, 0.717) is 13.0 Å². The van der Waals surface area contributed by atoms with Crippen LogP contribution in [0.25, 0.3) is 0 Å². The second kappa shape index (κ2) is 17.1. The highest BCUT2D eigenvalue weighted by Gasteiger charge is 2.17. The summed E-state index contributed by atoms with van der Waals surface area (Å²) in [7, 11) is 0. The van der Waals surface area contributed by atoms with Crippen LogP contribution in [-0.4, -0.2) is 57.9 Å². The fraction of sp³-hybridized carbons (Fsp3) is 0.800. The zero-order valence-electron chi connectivity index (χ0n) is 15.2. The molecule has 150 valence electrons. The van der Waals surface area contributed by atoms with Gasteiger partial charge in [0.1, 0.15) is 18.1 Å². The summed E-state index contributed by atoms with van der Waals surface area (Å²) in [5.41, 5.74) is 20.5. The summed E-state index contributed by atoms with van der Waals surface area (Å²) in [4.78, 5) is 29.9. The number of hydrogen-bond acceptors (Lipinski definition) is 7. The summed E-state index contributed by atoms with van der Waals surface area (Å²) in [6.07, 6.45) is 2.98. The molecule has 25 heavy (non-hydrogen) atoms. The van der Waals surface area contributed by atoms with E-state index in [4.69, 9.17) is 38.3 Å². The molecule has 0 spiro atoms. The Balaban J connectivity index is -0.000000300. The van der Waals surface area contributed by atoms with Crippen molar-refractivity contribution in [1.82, 2.24) is 0 Å². The highest BCUT2D eigenvalue weighted by atomic mass is 16.4. The van der Waals surface area contributed by atoms with Gasteiger partial charge in [0, 0.05) is 0 Å². The van der Waals surface area contributed by atoms with Crippen molar-refractivity contribution in [3.63, 3.8) is 0 Å². The summed E-state index contributed by atoms with van der Waals surface area (Å²) in [6.45, 7) is 5.78. The quantitative estimate of drug-likeness (QED) is 0.257. The lowest BCUT2D eigenvalue weighted by Crippen LogP contribution is -2.36. The number of nitrogens with two attached hydrogens (primary N) is 4. The Morgan fingerprint density at radius 3 is 1.52 bits per heavy atom. The second-order valence-electron chi connectivity index (χ2n) is 5.61. The van der Waals surface area contributed by atoms with Crippen LogP contribution in [0.4, 0.5) is 0 Å². The molecule has 4 atom stereocenters. The van der Waals surface area contributed by atoms with Crippen LogP contribution in [0.2, 0.25) is 0 Å². The van der Waals surface area contributed by atoms with Gasteiger partial charge in [-0.3, -0.25) is 14.4 Å². The lowest BCUT2D eigenvalue weighted by Gasteiger charge is -2.11. The normalized spacial score (nSPS) is 14.5. The van der Waals surface area contributed by atoms with Gasteiger partial charge in [-0.15, -0.1) is 0 Å². The molecule has 0 aromatic carbocycles. The first-order valence-corrected chi connectivity index (χ1v) is 8.07. The van der Waals surface area contributed by atoms with E-state index in [1.807, 2.05) is 13.8 Å². The van der Waals surface area contributed by atoms with E-state index in [9.17, 15) is 14.4 Å². The average Bonchev–Trinajstić information content (AvgIpc) is 2.54. The zero-order valence-corrected chi connectivity index (χ0v) is 15.2. The summed E-state index contributed by atoms with van der Waals surface area (Å²) in [5.74, 6) is -2.74. The average molecular weight is 366 g/mol. The molecular formula is C15H34N4O6. The molecule has 0 saturated carbocycles. The minimum atomic E-state index is -0.963. The van der Waals surface area contributed by atoms with Gasteiger partial charge in [0.15, 0.2) is 0 Å². The minimum Gasteiger partial charge on any atom is -0.480 e. The fourth-order valence-corrected chi connectivity index (χ4v) is 1.13. The highest BCUT2D eigenvalue weighted by molar-refractivity contribution is 5.73. The Kier molecular flexibility index (Phi) is 19.2. The molecule has 10 heteroatoms. The lowest BCUT2D eigenvalue weighted by atomic mass is 10.0. The zero-order chi connectivity index (χ0) is 20.6. The predicted octanol–water partition coefficient (Wildman–Crippen LogP) is -0.610. The largest absolute Gasteiger partial charge is 0.480 e. The molecule has 0 aliphatic carbocycles. The van der Waals surface area contributed by atoms with Crippen molar-refractivity contribution >= 4 is 17.9 Å². The Hall–Kier alpha value is -1.75. The third kappa shape index (κ3) is 20.2. The maximum atomic E-state index is 10.2. The molecule has 11 N–H and O–H groups in total. The van der Waals surface area contributed by atoms with Gasteiger partial charge in [0.05, 0.1) is 0 Å². The predicted molar refractivity (Wildman–Crippen MR) is 94.9 cm³/mol. The van der Waals surface area contributed by atoms with Crippen molar-refractivity contribution in [3.05, 3.63) is 0 Å². The van der Waals surface area contributed by atoms with Gasteiger partial charge in [-0.25, -0.2) is 0 Å². The molecule has 0 aliphatic rings. The summed E-state index contributed by atoms with van der Waals surface area (Å²) in [6, 6.07) is -2.15. The molecule has 4 unspecified atom stereocenters. The minimum absolute atomic E-state index is 0.0718. The summed E-state index contributed by atoms with van der Waals surface area (Å²) in [5, 5.41) is 24.5. The molecule has 0 aromatic rings. The Morgan fingerprint density at radius 1 is 0.880 bits per heavy atom. The van der Waals surface area contributed by atoms with E-state index in [0.717, 1.165) is 19.3 Å². The lowest BCUT2D eigenvalue weighted by molar-refractivity contribution is -0.140. The van der Waals surface area contributed by atoms with Crippen LogP contribution in [0.1, 0.15) is 46.5 Å². The standard InChI is InChI=1S/C6H14N2O2.C6H13NO2.C3H7NO2/c7-4-2-1-3-5(8)6(9)10;1-3-4(2)5(7)6(8)9;1-2(4)3(5)6/h5H,1-4,7-8H2,(H,9,10);4-5H,3,7H2,1-2H3,(H,8,9);2H,4H2,1H3,(H,5,6). The van der Waals surface area contributed by atoms with Gasteiger partial charge in [0.25, 0.3) is 0 Å². The van der Waals surface area contributed by atoms with Gasteiger partial charge in [-0.2, -0.15) is 0 Å². The van der Waals surface area contributed by atoms with Gasteiger partial charge in [-0.05, 0) is 32.2 Å². The highest BCUT2D eigenvalue weighted by Crippen LogP contribution is 2.04. The molecule has 0 aromatic heterocycles. The van der Waals surface area contributed by atoms with Crippen molar-refractivity contribution in [3.8, 4) is 0 Å². The van der Waals surface area contributed by atoms with Crippen LogP contribution in [0.15, 0.2) is 0 Å². The maximum absolute atomic E-state index is 10.2. The van der Waals surface area contributed by atoms with E-state index >= 15 is 0 Å². The fourth-order valence-electron chi connectivity index (χ4n) is 1.13. The first-order chi connectivity index (χ1) is 11.4. The first-order valence-electron chi connectivity index (χ1n) is 8.07. The third-order valence-corrected chi connectivity index (χ3v) is 3.22. The van der Waals surface area contributed by atoms with Crippen LogP contribution in [0, 0.1) is 5.92 Å². The summed E-state index contributed by atoms with van der Waals surface area (Å²) >= 11 is 0. The number of unbranched alkanes of at least 4 members (excludes halogenated alkanes) is 1. The molecule has 0 heterocycles. The number of carboxylic acids is 3. The Morgan fingerprint density at radius 2 is 1.32 bits per heavy atom. The number of rotatable bonds is 9. The van der Waals surface area contributed by atoms with Crippen molar-refractivity contribution < 1.29 is 29.7 Å². The second-order valence-corrected chi connectivity index (χ2v) is 5.61. The van der Waals surface area contributed by atoms with Gasteiger partial charge in [0.2, 0.25) is 0 Å². The molecule has 0 radical (unpaired) electrons. The van der Waals surface area contributed by atoms with E-state index < -0.39 is 36.0 Å². The molecule has 0 bridgehead atoms. The topological polar surface area (TPSA) is 216 Å². The van der Waals surface area contributed by atoms with Crippen molar-refractivity contribution in [2.45, 2.75) is 64.6 Å². The van der Waals surface area contributed by atoms with E-state index in [2.05, 4.69) is 0 Å². The van der Waals surface area contributed by atoms with Gasteiger partial charge < -0.3 is 38.3 Å². The molecule has 0 saturated heterocycles. The number of carboxylic acid groups (broad SMARTS) is 3. The van der Waals surface area contributed by atoms with Crippen LogP contribution in [-0.2, 0) is 14.4 Å². The van der Waals surface area contributed by atoms with Crippen LogP contribution >= 0.6 is 0 Å². The number of aliphatic carboxylic acids is 3.